The molecule has 0 spiro atoms. The van der Waals surface area contributed by atoms with E-state index in [1.165, 1.54) is 11.8 Å². The zero-order valence-electron chi connectivity index (χ0n) is 18.9. The van der Waals surface area contributed by atoms with Gasteiger partial charge in [-0.15, -0.1) is 0 Å². The van der Waals surface area contributed by atoms with Crippen LogP contribution in [0.2, 0.25) is 0 Å². The zero-order chi connectivity index (χ0) is 23.4. The van der Waals surface area contributed by atoms with Gasteiger partial charge in [-0.1, -0.05) is 42.0 Å². The Bertz CT molecular complexity index is 1020. The van der Waals surface area contributed by atoms with Crippen molar-refractivity contribution in [2.45, 2.75) is 51.5 Å². The van der Waals surface area contributed by atoms with Gasteiger partial charge >= 0.3 is 6.09 Å². The van der Waals surface area contributed by atoms with E-state index in [9.17, 15) is 14.4 Å². The maximum Gasteiger partial charge on any atom is 0.411 e. The van der Waals surface area contributed by atoms with Crippen LogP contribution in [0, 0.1) is 6.92 Å². The van der Waals surface area contributed by atoms with E-state index in [0.717, 1.165) is 24.0 Å². The van der Waals surface area contributed by atoms with Crippen molar-refractivity contribution in [3.8, 4) is 0 Å². The van der Waals surface area contributed by atoms with E-state index in [1.54, 1.807) is 24.3 Å². The van der Waals surface area contributed by atoms with E-state index in [0.29, 0.717) is 24.4 Å². The Morgan fingerprint density at radius 3 is 2.64 bits per heavy atom. The van der Waals surface area contributed by atoms with Gasteiger partial charge < -0.3 is 20.1 Å². The second-order valence-electron chi connectivity index (χ2n) is 8.55. The number of hydrogen-bond donors (Lipinski definition) is 2. The molecule has 0 saturated carbocycles. The standard InChI is InChI=1S/C25H29N3O5/c1-16-8-10-18(11-9-16)15-28-22(24(30)26-14-21-7-4-12-32-21)23(33-25(28)31)19-5-3-6-20(13-19)27-17(2)29/h3,5-6,8-11,13,21-23H,4,7,12,14-15H2,1-2H3,(H,26,30)(H,27,29). The molecule has 0 bridgehead atoms. The molecule has 2 aromatic rings. The third kappa shape index (κ3) is 5.51. The fraction of sp³-hybridized carbons (Fsp3) is 0.400. The van der Waals surface area contributed by atoms with Gasteiger partial charge in [0.15, 0.2) is 12.1 Å². The van der Waals surface area contributed by atoms with Crippen molar-refractivity contribution in [1.82, 2.24) is 10.2 Å². The molecular weight excluding hydrogens is 422 g/mol. The molecule has 4 rings (SSSR count). The lowest BCUT2D eigenvalue weighted by atomic mass is 10.00. The Labute approximate surface area is 193 Å². The van der Waals surface area contributed by atoms with E-state index in [1.807, 2.05) is 31.2 Å². The first-order chi connectivity index (χ1) is 15.9. The van der Waals surface area contributed by atoms with Crippen LogP contribution in [0.15, 0.2) is 48.5 Å². The van der Waals surface area contributed by atoms with Gasteiger partial charge in [0.2, 0.25) is 11.8 Å². The summed E-state index contributed by atoms with van der Waals surface area (Å²) in [5.41, 5.74) is 3.23. The van der Waals surface area contributed by atoms with Gasteiger partial charge in [-0.25, -0.2) is 4.79 Å². The fourth-order valence-electron chi connectivity index (χ4n) is 4.22. The van der Waals surface area contributed by atoms with Crippen molar-refractivity contribution in [2.24, 2.45) is 0 Å². The predicted molar refractivity (Wildman–Crippen MR) is 122 cm³/mol. The van der Waals surface area contributed by atoms with Crippen LogP contribution in [0.25, 0.3) is 0 Å². The van der Waals surface area contributed by atoms with Crippen LogP contribution in [0.4, 0.5) is 10.5 Å². The molecule has 3 amide bonds. The van der Waals surface area contributed by atoms with Gasteiger partial charge in [0.1, 0.15) is 0 Å². The monoisotopic (exact) mass is 451 g/mol. The van der Waals surface area contributed by atoms with Crippen molar-refractivity contribution < 1.29 is 23.9 Å². The van der Waals surface area contributed by atoms with Gasteiger partial charge in [-0.2, -0.15) is 0 Å². The summed E-state index contributed by atoms with van der Waals surface area (Å²) < 4.78 is 11.3. The van der Waals surface area contributed by atoms with Gasteiger partial charge in [0.05, 0.1) is 12.6 Å². The van der Waals surface area contributed by atoms with E-state index in [4.69, 9.17) is 9.47 Å². The van der Waals surface area contributed by atoms with Gasteiger partial charge in [0.25, 0.3) is 0 Å². The van der Waals surface area contributed by atoms with Crippen LogP contribution in [0.5, 0.6) is 0 Å². The lowest BCUT2D eigenvalue weighted by Gasteiger charge is -2.25. The number of carbonyl (C=O) groups is 3. The van der Waals surface area contributed by atoms with E-state index < -0.39 is 18.2 Å². The number of amides is 3. The van der Waals surface area contributed by atoms with Crippen molar-refractivity contribution in [3.63, 3.8) is 0 Å². The van der Waals surface area contributed by atoms with E-state index >= 15 is 0 Å². The first-order valence-electron chi connectivity index (χ1n) is 11.2. The van der Waals surface area contributed by atoms with Crippen LogP contribution >= 0.6 is 0 Å². The number of nitrogens with zero attached hydrogens (tertiary/aromatic N) is 1. The summed E-state index contributed by atoms with van der Waals surface area (Å²) in [4.78, 5) is 39.2. The molecule has 2 aliphatic rings. The Hall–Kier alpha value is -3.39. The number of carbonyl (C=O) groups excluding carboxylic acids is 3. The highest BCUT2D eigenvalue weighted by Crippen LogP contribution is 2.35. The third-order valence-corrected chi connectivity index (χ3v) is 5.89. The minimum absolute atomic E-state index is 0.0148. The molecule has 0 radical (unpaired) electrons. The highest BCUT2D eigenvalue weighted by atomic mass is 16.6. The number of cyclic esters (lactones) is 1. The Morgan fingerprint density at radius 1 is 1.15 bits per heavy atom. The van der Waals surface area contributed by atoms with Crippen molar-refractivity contribution in [3.05, 3.63) is 65.2 Å². The van der Waals surface area contributed by atoms with Crippen molar-refractivity contribution in [1.29, 1.82) is 0 Å². The molecule has 2 heterocycles. The van der Waals surface area contributed by atoms with Gasteiger partial charge in [0, 0.05) is 25.8 Å². The molecular formula is C25H29N3O5. The molecule has 33 heavy (non-hydrogen) atoms. The summed E-state index contributed by atoms with van der Waals surface area (Å²) in [5.74, 6) is -0.499. The normalized spacial score (nSPS) is 22.2. The Kier molecular flexibility index (Phi) is 6.93. The first kappa shape index (κ1) is 22.8. The summed E-state index contributed by atoms with van der Waals surface area (Å²) in [6, 6.07) is 14.0. The third-order valence-electron chi connectivity index (χ3n) is 5.89. The minimum Gasteiger partial charge on any atom is -0.438 e. The number of ether oxygens (including phenoxy) is 2. The van der Waals surface area contributed by atoms with Crippen molar-refractivity contribution in [2.75, 3.05) is 18.5 Å². The van der Waals surface area contributed by atoms with Crippen LogP contribution in [0.3, 0.4) is 0 Å². The molecule has 8 nitrogen and oxygen atoms in total. The first-order valence-corrected chi connectivity index (χ1v) is 11.2. The van der Waals surface area contributed by atoms with Crippen molar-refractivity contribution >= 4 is 23.6 Å². The number of hydrogen-bond acceptors (Lipinski definition) is 5. The average Bonchev–Trinajstić information content (AvgIpc) is 3.42. The highest BCUT2D eigenvalue weighted by molar-refractivity contribution is 5.90. The molecule has 2 fully saturated rings. The molecule has 3 atom stereocenters. The number of nitrogens with one attached hydrogen (secondary N) is 2. The maximum atomic E-state index is 13.3. The summed E-state index contributed by atoms with van der Waals surface area (Å²) in [7, 11) is 0. The van der Waals surface area contributed by atoms with E-state index in [2.05, 4.69) is 10.6 Å². The fourth-order valence-corrected chi connectivity index (χ4v) is 4.22. The minimum atomic E-state index is -0.854. The summed E-state index contributed by atoms with van der Waals surface area (Å²) >= 11 is 0. The maximum absolute atomic E-state index is 13.3. The highest BCUT2D eigenvalue weighted by Gasteiger charge is 2.47. The van der Waals surface area contributed by atoms with Crippen LogP contribution in [-0.2, 0) is 25.6 Å². The molecule has 2 N–H and O–H groups in total. The van der Waals surface area contributed by atoms with Crippen LogP contribution in [-0.4, -0.2) is 48.1 Å². The lowest BCUT2D eigenvalue weighted by Crippen LogP contribution is -2.47. The van der Waals surface area contributed by atoms with Crippen LogP contribution in [0.1, 0.15) is 42.6 Å². The zero-order valence-corrected chi connectivity index (χ0v) is 18.9. The predicted octanol–water partition coefficient (Wildman–Crippen LogP) is 3.31. The number of aryl methyl sites for hydroxylation is 1. The second kappa shape index (κ2) is 10.0. The molecule has 0 aromatic heterocycles. The van der Waals surface area contributed by atoms with Gasteiger partial charge in [-0.05, 0) is 43.0 Å². The Balaban J connectivity index is 1.59. The number of anilines is 1. The molecule has 3 unspecified atom stereocenters. The molecule has 2 saturated heterocycles. The lowest BCUT2D eigenvalue weighted by molar-refractivity contribution is -0.126. The summed E-state index contributed by atoms with van der Waals surface area (Å²) in [5, 5.41) is 5.68. The molecule has 2 aliphatic heterocycles. The number of benzene rings is 2. The largest absolute Gasteiger partial charge is 0.438 e. The Morgan fingerprint density at radius 2 is 1.94 bits per heavy atom. The summed E-state index contributed by atoms with van der Waals surface area (Å²) in [6.07, 6.45) is 0.502. The second-order valence-corrected chi connectivity index (χ2v) is 8.55. The number of rotatable bonds is 7. The summed E-state index contributed by atoms with van der Waals surface area (Å²) in [6.45, 7) is 4.75. The average molecular weight is 452 g/mol. The van der Waals surface area contributed by atoms with Crippen LogP contribution < -0.4 is 10.6 Å². The quantitative estimate of drug-likeness (QED) is 0.673. The smallest absolute Gasteiger partial charge is 0.411 e. The van der Waals surface area contributed by atoms with Gasteiger partial charge in [-0.3, -0.25) is 14.5 Å². The molecule has 0 aliphatic carbocycles. The molecule has 8 heteroatoms. The topological polar surface area (TPSA) is 97.0 Å². The SMILES string of the molecule is CC(=O)Nc1cccc(C2OC(=O)N(Cc3ccc(C)cc3)C2C(=O)NCC2CCCO2)c1. The molecule has 174 valence electrons. The molecule has 2 aromatic carbocycles. The van der Waals surface area contributed by atoms with E-state index in [-0.39, 0.29) is 24.5 Å².